The Labute approximate surface area is 181 Å². The Morgan fingerprint density at radius 2 is 0.885 bits per heavy atom. The second-order valence-electron chi connectivity index (χ2n) is 6.98. The fourth-order valence-corrected chi connectivity index (χ4v) is 3.63. The van der Waals surface area contributed by atoms with E-state index >= 15 is 0 Å². The molecule has 0 aliphatic heterocycles. The Morgan fingerprint density at radius 1 is 0.615 bits per heavy atom. The van der Waals surface area contributed by atoms with Gasteiger partial charge in [-0.15, -0.1) is 0 Å². The van der Waals surface area contributed by atoms with Crippen molar-refractivity contribution < 1.29 is 53.1 Å². The summed E-state index contributed by atoms with van der Waals surface area (Å²) in [5, 5.41) is 18.8. The molecule has 0 radical (unpaired) electrons. The van der Waals surface area contributed by atoms with Crippen molar-refractivity contribution in [1.29, 1.82) is 0 Å². The highest BCUT2D eigenvalue weighted by atomic mass is 79.9. The molecule has 0 heterocycles. The Balaban J connectivity index is 0. The van der Waals surface area contributed by atoms with Crippen LogP contribution in [-0.2, 0) is 13.1 Å². The predicted octanol–water partition coefficient (Wildman–Crippen LogP) is -3.61. The number of hydrogen-bond donors (Lipinski definition) is 2. The number of likely N-dealkylation sites (N-methyl/N-ethyl adjacent to an activating group) is 2. The summed E-state index contributed by atoms with van der Waals surface area (Å²) in [6.07, 6.45) is 0. The lowest BCUT2D eigenvalue weighted by Crippen LogP contribution is -3.00. The molecule has 0 fully saturated rings. The first kappa shape index (κ1) is 28.2. The highest BCUT2D eigenvalue weighted by molar-refractivity contribution is 5.21. The van der Waals surface area contributed by atoms with E-state index in [0.717, 1.165) is 61.3 Å². The van der Waals surface area contributed by atoms with Gasteiger partial charge in [0, 0.05) is 11.1 Å². The Morgan fingerprint density at radius 3 is 1.08 bits per heavy atom. The minimum atomic E-state index is 0. The van der Waals surface area contributed by atoms with E-state index in [1.54, 1.807) is 0 Å². The third kappa shape index (κ3) is 7.95. The van der Waals surface area contributed by atoms with E-state index in [9.17, 15) is 10.2 Å². The summed E-state index contributed by atoms with van der Waals surface area (Å²) in [5.41, 5.74) is 2.67. The summed E-state index contributed by atoms with van der Waals surface area (Å²) in [6.45, 7) is 17.1. The highest BCUT2D eigenvalue weighted by Crippen LogP contribution is 2.18. The number of aliphatic hydroxyl groups is 2. The van der Waals surface area contributed by atoms with Crippen LogP contribution >= 0.6 is 0 Å². The van der Waals surface area contributed by atoms with Crippen LogP contribution in [0, 0.1) is 0 Å². The first-order chi connectivity index (χ1) is 11.5. The van der Waals surface area contributed by atoms with Gasteiger partial charge in [-0.3, -0.25) is 0 Å². The van der Waals surface area contributed by atoms with E-state index in [4.69, 9.17) is 0 Å². The highest BCUT2D eigenvalue weighted by Gasteiger charge is 2.25. The molecule has 154 valence electrons. The molecule has 0 amide bonds. The Bertz CT molecular complexity index is 418. The van der Waals surface area contributed by atoms with Crippen LogP contribution < -0.4 is 34.0 Å². The van der Waals surface area contributed by atoms with E-state index in [-0.39, 0.29) is 47.2 Å². The van der Waals surface area contributed by atoms with Gasteiger partial charge in [-0.2, -0.15) is 0 Å². The zero-order chi connectivity index (χ0) is 18.1. The monoisotopic (exact) mass is 496 g/mol. The van der Waals surface area contributed by atoms with Gasteiger partial charge in [-0.1, -0.05) is 24.3 Å². The summed E-state index contributed by atoms with van der Waals surface area (Å²) < 4.78 is 1.87. The van der Waals surface area contributed by atoms with E-state index in [1.165, 1.54) is 11.1 Å². The van der Waals surface area contributed by atoms with Crippen LogP contribution in [0.5, 0.6) is 0 Å². The van der Waals surface area contributed by atoms with E-state index in [0.29, 0.717) is 0 Å². The fraction of sp³-hybridized carbons (Fsp3) is 0.700. The van der Waals surface area contributed by atoms with Gasteiger partial charge in [-0.05, 0) is 27.7 Å². The molecule has 0 unspecified atom stereocenters. The lowest BCUT2D eigenvalue weighted by atomic mass is 10.1. The standard InChI is InChI=1S/C20H38N2O2.2BrH/c1-5-21(6-2,13-15-23)17-19-9-11-20(12-10-19)18-22(7-3,8-4)14-16-24;;/h9-12,23-24H,5-8,13-18H2,1-4H3;2*1H/q+2;;/p-2. The van der Waals surface area contributed by atoms with Crippen LogP contribution in [0.2, 0.25) is 0 Å². The quantitative estimate of drug-likeness (QED) is 0.293. The van der Waals surface area contributed by atoms with Gasteiger partial charge >= 0.3 is 0 Å². The molecule has 1 aromatic rings. The van der Waals surface area contributed by atoms with E-state index in [1.807, 2.05) is 0 Å². The maximum absolute atomic E-state index is 9.38. The van der Waals surface area contributed by atoms with Crippen molar-refractivity contribution in [1.82, 2.24) is 0 Å². The third-order valence-corrected chi connectivity index (χ3v) is 5.89. The van der Waals surface area contributed by atoms with Crippen LogP contribution in [-0.4, -0.2) is 71.7 Å². The molecule has 0 spiro atoms. The molecular weight excluding hydrogens is 460 g/mol. The van der Waals surface area contributed by atoms with Crippen molar-refractivity contribution in [2.24, 2.45) is 0 Å². The second-order valence-corrected chi connectivity index (χ2v) is 6.98. The van der Waals surface area contributed by atoms with E-state index in [2.05, 4.69) is 52.0 Å². The number of hydrogen-bond acceptors (Lipinski definition) is 2. The van der Waals surface area contributed by atoms with Crippen LogP contribution in [0.3, 0.4) is 0 Å². The number of nitrogens with zero attached hydrogens (tertiary/aromatic N) is 2. The molecule has 1 rings (SSSR count). The maximum atomic E-state index is 9.38. The minimum Gasteiger partial charge on any atom is -1.00 e. The SMILES string of the molecule is CC[N+](CC)(CCO)Cc1ccc(C[N+](CC)(CC)CCO)cc1.[Br-].[Br-]. The largest absolute Gasteiger partial charge is 1.00 e. The summed E-state index contributed by atoms with van der Waals surface area (Å²) in [5.74, 6) is 0. The maximum Gasteiger partial charge on any atom is 0.104 e. The van der Waals surface area contributed by atoms with Gasteiger partial charge in [0.05, 0.1) is 39.4 Å². The van der Waals surface area contributed by atoms with Crippen molar-refractivity contribution in [3.63, 3.8) is 0 Å². The molecule has 1 aromatic carbocycles. The number of aliphatic hydroxyl groups excluding tert-OH is 2. The summed E-state index contributed by atoms with van der Waals surface area (Å²) in [4.78, 5) is 0. The van der Waals surface area contributed by atoms with Gasteiger partial charge in [0.1, 0.15) is 26.2 Å². The predicted molar refractivity (Wildman–Crippen MR) is 100 cm³/mol. The van der Waals surface area contributed by atoms with Crippen molar-refractivity contribution in [2.45, 2.75) is 40.8 Å². The van der Waals surface area contributed by atoms with Gasteiger partial charge in [-0.25, -0.2) is 0 Å². The number of benzene rings is 1. The normalized spacial score (nSPS) is 11.6. The van der Waals surface area contributed by atoms with Gasteiger partial charge in [0.2, 0.25) is 0 Å². The lowest BCUT2D eigenvalue weighted by Gasteiger charge is -2.37. The molecule has 0 aromatic heterocycles. The summed E-state index contributed by atoms with van der Waals surface area (Å²) >= 11 is 0. The Kier molecular flexibility index (Phi) is 15.3. The zero-order valence-electron chi connectivity index (χ0n) is 16.9. The van der Waals surface area contributed by atoms with Crippen molar-refractivity contribution in [2.75, 3.05) is 52.5 Å². The van der Waals surface area contributed by atoms with Crippen molar-refractivity contribution >= 4 is 0 Å². The third-order valence-electron chi connectivity index (χ3n) is 5.89. The van der Waals surface area contributed by atoms with E-state index < -0.39 is 0 Å². The Hall–Kier alpha value is 0.0200. The van der Waals surface area contributed by atoms with Gasteiger partial charge in [0.25, 0.3) is 0 Å². The molecule has 4 nitrogen and oxygen atoms in total. The molecule has 0 saturated heterocycles. The molecule has 0 aliphatic rings. The summed E-state index contributed by atoms with van der Waals surface area (Å²) in [7, 11) is 0. The van der Waals surface area contributed by atoms with Crippen LogP contribution in [0.25, 0.3) is 0 Å². The molecule has 2 N–H and O–H groups in total. The smallest absolute Gasteiger partial charge is 0.104 e. The second kappa shape index (κ2) is 14.1. The summed E-state index contributed by atoms with van der Waals surface area (Å²) in [6, 6.07) is 8.96. The average molecular weight is 498 g/mol. The van der Waals surface area contributed by atoms with Gasteiger partial charge in [0.15, 0.2) is 0 Å². The molecule has 0 aliphatic carbocycles. The molecule has 26 heavy (non-hydrogen) atoms. The fourth-order valence-electron chi connectivity index (χ4n) is 3.63. The number of quaternary nitrogens is 2. The zero-order valence-corrected chi connectivity index (χ0v) is 20.1. The number of halogens is 2. The first-order valence-corrected chi connectivity index (χ1v) is 9.52. The molecular formula is C20H38Br2N2O2. The van der Waals surface area contributed by atoms with Crippen LogP contribution in [0.15, 0.2) is 24.3 Å². The van der Waals surface area contributed by atoms with Crippen LogP contribution in [0.4, 0.5) is 0 Å². The topological polar surface area (TPSA) is 40.5 Å². The average Bonchev–Trinajstić information content (AvgIpc) is 2.62. The first-order valence-electron chi connectivity index (χ1n) is 9.52. The van der Waals surface area contributed by atoms with Gasteiger partial charge < -0.3 is 53.1 Å². The molecule has 6 heteroatoms. The van der Waals surface area contributed by atoms with Crippen molar-refractivity contribution in [3.8, 4) is 0 Å². The van der Waals surface area contributed by atoms with Crippen LogP contribution in [0.1, 0.15) is 38.8 Å². The molecule has 0 saturated carbocycles. The number of rotatable bonds is 12. The minimum absolute atomic E-state index is 0. The lowest BCUT2D eigenvalue weighted by molar-refractivity contribution is -0.938. The molecule has 0 bridgehead atoms. The van der Waals surface area contributed by atoms with Crippen molar-refractivity contribution in [3.05, 3.63) is 35.4 Å². The molecule has 0 atom stereocenters.